The van der Waals surface area contributed by atoms with Crippen molar-refractivity contribution >= 4 is 17.5 Å². The number of rotatable bonds is 3. The molecule has 1 fully saturated rings. The highest BCUT2D eigenvalue weighted by Gasteiger charge is 2.87. The Hall–Kier alpha value is -2.71. The number of hydrogen-bond acceptors (Lipinski definition) is 8. The Kier molecular flexibility index (Phi) is 3.29. The summed E-state index contributed by atoms with van der Waals surface area (Å²) in [6.45, 7) is 1.58. The van der Waals surface area contributed by atoms with Crippen molar-refractivity contribution in [1.29, 1.82) is 0 Å². The third-order valence-electron chi connectivity index (χ3n) is 4.27. The number of methoxy groups -OCH3 is 1. The lowest BCUT2D eigenvalue weighted by Crippen LogP contribution is -2.53. The van der Waals surface area contributed by atoms with E-state index < -0.39 is 51.9 Å². The second-order valence-electron chi connectivity index (χ2n) is 5.69. The predicted molar refractivity (Wildman–Crippen MR) is 77.6 cm³/mol. The molecule has 1 saturated heterocycles. The van der Waals surface area contributed by atoms with Gasteiger partial charge in [-0.3, -0.25) is 9.59 Å². The molecule has 0 unspecified atom stereocenters. The van der Waals surface area contributed by atoms with Gasteiger partial charge in [-0.15, -0.1) is 0 Å². The molecule has 0 amide bonds. The van der Waals surface area contributed by atoms with Gasteiger partial charge in [-0.2, -0.15) is 0 Å². The third-order valence-corrected chi connectivity index (χ3v) is 4.27. The molecule has 126 valence electrons. The molecule has 0 spiro atoms. The number of aliphatic hydroxyl groups is 1. The van der Waals surface area contributed by atoms with Gasteiger partial charge >= 0.3 is 5.97 Å². The van der Waals surface area contributed by atoms with Crippen LogP contribution in [0.15, 0.2) is 24.3 Å². The molecule has 8 heteroatoms. The van der Waals surface area contributed by atoms with Crippen LogP contribution >= 0.6 is 0 Å². The van der Waals surface area contributed by atoms with Crippen LogP contribution in [0.4, 0.5) is 0 Å². The third kappa shape index (κ3) is 1.72. The zero-order valence-electron chi connectivity index (χ0n) is 12.8. The molecule has 0 saturated carbocycles. The second-order valence-corrected chi connectivity index (χ2v) is 5.69. The Morgan fingerprint density at radius 2 is 1.83 bits per heavy atom. The molecule has 3 rings (SSSR count). The van der Waals surface area contributed by atoms with Gasteiger partial charge in [0.2, 0.25) is 17.0 Å². The van der Waals surface area contributed by atoms with E-state index in [1.54, 1.807) is 6.92 Å². The Bertz CT molecular complexity index is 787. The van der Waals surface area contributed by atoms with E-state index in [9.17, 15) is 29.7 Å². The van der Waals surface area contributed by atoms with Crippen molar-refractivity contribution in [3.05, 3.63) is 35.4 Å². The van der Waals surface area contributed by atoms with Gasteiger partial charge in [-0.25, -0.2) is 4.79 Å². The van der Waals surface area contributed by atoms with Crippen LogP contribution in [0.5, 0.6) is 11.5 Å². The maximum Gasteiger partial charge on any atom is 0.345 e. The van der Waals surface area contributed by atoms with Crippen LogP contribution < -0.4 is 0 Å². The van der Waals surface area contributed by atoms with E-state index in [0.29, 0.717) is 5.56 Å². The molecule has 1 heterocycles. The summed E-state index contributed by atoms with van der Waals surface area (Å²) in [7, 11) is 1.02. The zero-order chi connectivity index (χ0) is 17.9. The second kappa shape index (κ2) is 4.89. The number of hydrogen-bond donors (Lipinski definition) is 3. The summed E-state index contributed by atoms with van der Waals surface area (Å²) in [5, 5.41) is 30.1. The lowest BCUT2D eigenvalue weighted by molar-refractivity contribution is -0.150. The molecule has 8 nitrogen and oxygen atoms in total. The fourth-order valence-electron chi connectivity index (χ4n) is 3.09. The van der Waals surface area contributed by atoms with E-state index in [0.717, 1.165) is 19.3 Å². The van der Waals surface area contributed by atoms with Crippen molar-refractivity contribution < 1.29 is 39.2 Å². The number of aromatic hydroxyl groups is 2. The first kappa shape index (κ1) is 16.2. The molecule has 2 aliphatic rings. The van der Waals surface area contributed by atoms with Gasteiger partial charge in [0.15, 0.2) is 5.78 Å². The molecule has 1 aromatic carbocycles. The fourth-order valence-corrected chi connectivity index (χ4v) is 3.09. The molecule has 1 aromatic rings. The van der Waals surface area contributed by atoms with E-state index in [1.807, 2.05) is 0 Å². The summed E-state index contributed by atoms with van der Waals surface area (Å²) >= 11 is 0. The normalized spacial score (nSPS) is 30.6. The smallest absolute Gasteiger partial charge is 0.345 e. The number of esters is 1. The maximum absolute atomic E-state index is 12.9. The molecule has 1 aliphatic heterocycles. The number of aliphatic hydroxyl groups excluding tert-OH is 1. The van der Waals surface area contributed by atoms with Crippen molar-refractivity contribution in [3.63, 3.8) is 0 Å². The van der Waals surface area contributed by atoms with Crippen molar-refractivity contribution in [1.82, 2.24) is 0 Å². The van der Waals surface area contributed by atoms with E-state index >= 15 is 0 Å². The summed E-state index contributed by atoms with van der Waals surface area (Å²) in [6, 6.07) is 2.43. The lowest BCUT2D eigenvalue weighted by Gasteiger charge is -2.22. The number of epoxide rings is 1. The summed E-state index contributed by atoms with van der Waals surface area (Å²) in [6.07, 6.45) is 0.340. The van der Waals surface area contributed by atoms with Crippen LogP contribution in [0.2, 0.25) is 0 Å². The predicted octanol–water partition coefficient (Wildman–Crippen LogP) is -0.230. The monoisotopic (exact) mass is 334 g/mol. The highest BCUT2D eigenvalue weighted by atomic mass is 16.7. The number of Topliss-reactive ketones (excluding diaryl/α,β-unsaturated/α-hetero) is 1. The average molecular weight is 334 g/mol. The largest absolute Gasteiger partial charge is 0.507 e. The Balaban J connectivity index is 2.18. The van der Waals surface area contributed by atoms with Crippen molar-refractivity contribution in [2.45, 2.75) is 24.2 Å². The minimum absolute atomic E-state index is 0.477. The number of ether oxygens (including phenoxy) is 2. The standard InChI is InChI=1S/C16H14O8/c1-7-5-8(17)12(9(18)6-7)13(21)15-10(19)3-4-11(20)16(15,24-15)14(22)23-2/h3-6,11,17-18,20H,1-2H3/t11-,15+,16-/m1/s1. The van der Waals surface area contributed by atoms with Crippen LogP contribution in [0.3, 0.4) is 0 Å². The van der Waals surface area contributed by atoms with Gasteiger partial charge in [0.25, 0.3) is 0 Å². The molecule has 3 N–H and O–H groups in total. The molecule has 0 radical (unpaired) electrons. The van der Waals surface area contributed by atoms with Crippen LogP contribution in [0.25, 0.3) is 0 Å². The molecule has 24 heavy (non-hydrogen) atoms. The summed E-state index contributed by atoms with van der Waals surface area (Å²) < 4.78 is 9.73. The number of benzene rings is 1. The number of carbonyl (C=O) groups is 3. The van der Waals surface area contributed by atoms with E-state index in [2.05, 4.69) is 4.74 Å². The number of ketones is 2. The summed E-state index contributed by atoms with van der Waals surface area (Å²) in [5.41, 5.74) is -4.69. The lowest BCUT2D eigenvalue weighted by atomic mass is 9.75. The first-order valence-electron chi connectivity index (χ1n) is 6.99. The van der Waals surface area contributed by atoms with Crippen LogP contribution in [0, 0.1) is 6.92 Å². The minimum Gasteiger partial charge on any atom is -0.507 e. The Morgan fingerprint density at radius 1 is 1.25 bits per heavy atom. The maximum atomic E-state index is 12.9. The number of aryl methyl sites for hydroxylation is 1. The summed E-state index contributed by atoms with van der Waals surface area (Å²) in [5.74, 6) is -4.26. The zero-order valence-corrected chi connectivity index (χ0v) is 12.8. The molecule has 0 bridgehead atoms. The van der Waals surface area contributed by atoms with Gasteiger partial charge in [-0.1, -0.05) is 0 Å². The van der Waals surface area contributed by atoms with Gasteiger partial charge < -0.3 is 24.8 Å². The number of phenolic OH excluding ortho intramolecular Hbond substituents is 2. The van der Waals surface area contributed by atoms with E-state index in [4.69, 9.17) is 4.74 Å². The van der Waals surface area contributed by atoms with Crippen LogP contribution in [-0.2, 0) is 19.1 Å². The first-order chi connectivity index (χ1) is 11.2. The molecule has 0 aromatic heterocycles. The topological polar surface area (TPSA) is 134 Å². The van der Waals surface area contributed by atoms with Crippen molar-refractivity contribution in [3.8, 4) is 11.5 Å². The first-order valence-corrected chi connectivity index (χ1v) is 6.99. The number of fused-ring (bicyclic) bond motifs is 1. The van der Waals surface area contributed by atoms with Gasteiger partial charge in [-0.05, 0) is 36.8 Å². The molecule has 1 aliphatic carbocycles. The van der Waals surface area contributed by atoms with Gasteiger partial charge in [0.1, 0.15) is 23.2 Å². The Labute approximate surface area is 135 Å². The highest BCUT2D eigenvalue weighted by molar-refractivity contribution is 6.30. The summed E-state index contributed by atoms with van der Waals surface area (Å²) in [4.78, 5) is 37.3. The van der Waals surface area contributed by atoms with Gasteiger partial charge in [0.05, 0.1) is 7.11 Å². The van der Waals surface area contributed by atoms with Gasteiger partial charge in [0, 0.05) is 0 Å². The Morgan fingerprint density at radius 3 is 2.38 bits per heavy atom. The fraction of sp³-hybridized carbons (Fsp3) is 0.312. The molecular weight excluding hydrogens is 320 g/mol. The quantitative estimate of drug-likeness (QED) is 0.299. The van der Waals surface area contributed by atoms with Crippen molar-refractivity contribution in [2.75, 3.05) is 7.11 Å². The minimum atomic E-state index is -2.38. The van der Waals surface area contributed by atoms with E-state index in [-0.39, 0.29) is 0 Å². The number of carbonyl (C=O) groups excluding carboxylic acids is 3. The highest BCUT2D eigenvalue weighted by Crippen LogP contribution is 2.57. The van der Waals surface area contributed by atoms with Crippen LogP contribution in [0.1, 0.15) is 15.9 Å². The SMILES string of the molecule is COC(=O)[C@@]12O[C@]1(C(=O)c1c(O)cc(C)cc1O)C(=O)C=C[C@H]2O. The van der Waals surface area contributed by atoms with E-state index in [1.165, 1.54) is 12.1 Å². The molecule has 3 atom stereocenters. The number of phenols is 2. The average Bonchev–Trinajstić information content (AvgIpc) is 3.23. The molecular formula is C16H14O8. The van der Waals surface area contributed by atoms with Crippen LogP contribution in [-0.4, -0.2) is 57.3 Å². The van der Waals surface area contributed by atoms with Crippen molar-refractivity contribution in [2.24, 2.45) is 0 Å².